The van der Waals surface area contributed by atoms with Crippen molar-refractivity contribution in [1.82, 2.24) is 4.57 Å². The van der Waals surface area contributed by atoms with Gasteiger partial charge in [-0.1, -0.05) is 11.6 Å². The number of hydrogen-bond donors (Lipinski definition) is 1. The third-order valence-corrected chi connectivity index (χ3v) is 3.70. The molecule has 3 rings (SSSR count). The largest absolute Gasteiger partial charge is 0.511 e. The SMILES string of the molecule is O=C(O)Oc1cn([C@@H]2C[C@@H]2F)c2c(Cl)c(F)c(F)cc2c1=O. The molecule has 9 heteroatoms. The molecule has 1 saturated carbocycles. The van der Waals surface area contributed by atoms with E-state index in [1.807, 2.05) is 0 Å². The Balaban J connectivity index is 2.39. The Bertz CT molecular complexity index is 867. The monoisotopic (exact) mass is 333 g/mol. The molecule has 1 aliphatic carbocycles. The molecule has 0 saturated heterocycles. The molecule has 1 aromatic carbocycles. The summed E-state index contributed by atoms with van der Waals surface area (Å²) in [5.74, 6) is -3.38. The molecule has 1 aromatic heterocycles. The van der Waals surface area contributed by atoms with Gasteiger partial charge in [0.05, 0.1) is 23.1 Å². The Morgan fingerprint density at radius 2 is 2.09 bits per heavy atom. The molecule has 0 radical (unpaired) electrons. The number of benzene rings is 1. The van der Waals surface area contributed by atoms with Gasteiger partial charge in [-0.2, -0.15) is 0 Å². The number of hydrogen-bond acceptors (Lipinski definition) is 3. The molecule has 1 aliphatic rings. The number of pyridine rings is 1. The van der Waals surface area contributed by atoms with Gasteiger partial charge in [0.25, 0.3) is 0 Å². The van der Waals surface area contributed by atoms with Crippen LogP contribution in [0, 0.1) is 11.6 Å². The molecule has 1 N–H and O–H groups in total. The number of halogens is 4. The van der Waals surface area contributed by atoms with Crippen LogP contribution in [0.15, 0.2) is 17.1 Å². The summed E-state index contributed by atoms with van der Waals surface area (Å²) in [5.41, 5.74) is -1.18. The van der Waals surface area contributed by atoms with E-state index in [2.05, 4.69) is 4.74 Å². The van der Waals surface area contributed by atoms with E-state index in [-0.39, 0.29) is 17.3 Å². The summed E-state index contributed by atoms with van der Waals surface area (Å²) >= 11 is 5.73. The van der Waals surface area contributed by atoms with Gasteiger partial charge in [0.2, 0.25) is 5.43 Å². The van der Waals surface area contributed by atoms with Crippen LogP contribution in [-0.4, -0.2) is 22.0 Å². The van der Waals surface area contributed by atoms with Crippen LogP contribution < -0.4 is 10.2 Å². The molecule has 0 unspecified atom stereocenters. The summed E-state index contributed by atoms with van der Waals surface area (Å²) in [7, 11) is 0. The van der Waals surface area contributed by atoms with Crippen molar-refractivity contribution < 1.29 is 27.8 Å². The fourth-order valence-corrected chi connectivity index (χ4v) is 2.55. The average Bonchev–Trinajstić information content (AvgIpc) is 3.16. The van der Waals surface area contributed by atoms with Gasteiger partial charge < -0.3 is 14.4 Å². The van der Waals surface area contributed by atoms with Crippen LogP contribution in [0.4, 0.5) is 18.0 Å². The van der Waals surface area contributed by atoms with Crippen LogP contribution in [0.5, 0.6) is 5.75 Å². The second-order valence-corrected chi connectivity index (χ2v) is 5.18. The summed E-state index contributed by atoms with van der Waals surface area (Å²) in [6.45, 7) is 0. The lowest BCUT2D eigenvalue weighted by molar-refractivity contribution is 0.143. The topological polar surface area (TPSA) is 68.5 Å². The molecular formula is C13H7ClF3NO4. The molecule has 1 fully saturated rings. The Labute approximate surface area is 125 Å². The molecule has 2 atom stereocenters. The van der Waals surface area contributed by atoms with E-state index in [0.29, 0.717) is 6.07 Å². The number of fused-ring (bicyclic) bond motifs is 1. The van der Waals surface area contributed by atoms with E-state index in [1.165, 1.54) is 0 Å². The molecule has 0 spiro atoms. The smallest absolute Gasteiger partial charge is 0.449 e. The number of carbonyl (C=O) groups is 1. The van der Waals surface area contributed by atoms with Crippen LogP contribution in [0.3, 0.4) is 0 Å². The first-order chi connectivity index (χ1) is 10.3. The number of rotatable bonds is 2. The molecular weight excluding hydrogens is 327 g/mol. The maximum Gasteiger partial charge on any atom is 0.511 e. The number of carboxylic acid groups (broad SMARTS) is 1. The zero-order valence-electron chi connectivity index (χ0n) is 10.6. The van der Waals surface area contributed by atoms with Crippen LogP contribution in [0.25, 0.3) is 10.9 Å². The fourth-order valence-electron chi connectivity index (χ4n) is 2.26. The van der Waals surface area contributed by atoms with Crippen LogP contribution in [0.2, 0.25) is 5.02 Å². The van der Waals surface area contributed by atoms with Gasteiger partial charge in [0.1, 0.15) is 11.2 Å². The maximum absolute atomic E-state index is 13.6. The van der Waals surface area contributed by atoms with Crippen molar-refractivity contribution in [3.63, 3.8) is 0 Å². The molecule has 0 aliphatic heterocycles. The van der Waals surface area contributed by atoms with Crippen molar-refractivity contribution in [2.45, 2.75) is 18.6 Å². The second-order valence-electron chi connectivity index (χ2n) is 4.80. The summed E-state index contributed by atoms with van der Waals surface area (Å²) < 4.78 is 45.8. The van der Waals surface area contributed by atoms with E-state index < -0.39 is 46.2 Å². The van der Waals surface area contributed by atoms with Gasteiger partial charge in [-0.05, 0) is 6.07 Å². The Morgan fingerprint density at radius 1 is 1.45 bits per heavy atom. The molecule has 0 amide bonds. The summed E-state index contributed by atoms with van der Waals surface area (Å²) in [5, 5.41) is 7.55. The van der Waals surface area contributed by atoms with E-state index in [1.54, 1.807) is 0 Å². The Hall–Kier alpha value is -2.22. The molecule has 116 valence electrons. The summed E-state index contributed by atoms with van der Waals surface area (Å²) in [6.07, 6.45) is -2.00. The normalized spacial score (nSPS) is 20.2. The first-order valence-electron chi connectivity index (χ1n) is 6.08. The van der Waals surface area contributed by atoms with Crippen molar-refractivity contribution in [1.29, 1.82) is 0 Å². The van der Waals surface area contributed by atoms with E-state index in [0.717, 1.165) is 10.8 Å². The minimum absolute atomic E-state index is 0.0831. The second kappa shape index (κ2) is 4.91. The first-order valence-corrected chi connectivity index (χ1v) is 6.46. The highest BCUT2D eigenvalue weighted by atomic mass is 35.5. The van der Waals surface area contributed by atoms with E-state index in [9.17, 15) is 22.8 Å². The van der Waals surface area contributed by atoms with Crippen molar-refractivity contribution in [3.8, 4) is 5.75 Å². The van der Waals surface area contributed by atoms with Crippen LogP contribution in [0.1, 0.15) is 12.5 Å². The molecule has 1 heterocycles. The van der Waals surface area contributed by atoms with E-state index in [4.69, 9.17) is 16.7 Å². The standard InChI is InChI=1S/C13H7ClF3NO4/c14-9-10(17)6(16)1-4-11(9)18(7-2-5(7)15)3-8(12(4)19)22-13(20)21/h1,3,5,7H,2H2,(H,20,21)/t5-,7+/m0/s1. The van der Waals surface area contributed by atoms with Gasteiger partial charge in [0.15, 0.2) is 17.4 Å². The summed E-state index contributed by atoms with van der Waals surface area (Å²) in [6, 6.07) is -0.165. The lowest BCUT2D eigenvalue weighted by Gasteiger charge is -2.14. The highest BCUT2D eigenvalue weighted by Gasteiger charge is 2.40. The van der Waals surface area contributed by atoms with Gasteiger partial charge in [-0.25, -0.2) is 18.0 Å². The molecule has 5 nitrogen and oxygen atoms in total. The fraction of sp³-hybridized carbons (Fsp3) is 0.231. The zero-order chi connectivity index (χ0) is 16.2. The van der Waals surface area contributed by atoms with Crippen molar-refractivity contribution in [2.24, 2.45) is 0 Å². The Kier molecular flexibility index (Phi) is 3.28. The lowest BCUT2D eigenvalue weighted by atomic mass is 10.1. The highest BCUT2D eigenvalue weighted by Crippen LogP contribution is 2.42. The van der Waals surface area contributed by atoms with Gasteiger partial charge in [-0.3, -0.25) is 4.79 Å². The number of nitrogens with zero attached hydrogens (tertiary/aromatic N) is 1. The van der Waals surface area contributed by atoms with E-state index >= 15 is 0 Å². The summed E-state index contributed by atoms with van der Waals surface area (Å²) in [4.78, 5) is 22.7. The average molecular weight is 334 g/mol. The van der Waals surface area contributed by atoms with Gasteiger partial charge in [-0.15, -0.1) is 0 Å². The molecule has 22 heavy (non-hydrogen) atoms. The molecule has 2 aromatic rings. The minimum atomic E-state index is -1.76. The number of ether oxygens (including phenoxy) is 1. The Morgan fingerprint density at radius 3 is 2.64 bits per heavy atom. The predicted octanol–water partition coefficient (Wildman–Crippen LogP) is 3.27. The number of alkyl halides is 1. The van der Waals surface area contributed by atoms with Crippen molar-refractivity contribution in [3.05, 3.63) is 39.1 Å². The van der Waals surface area contributed by atoms with Crippen LogP contribution >= 0.6 is 11.6 Å². The highest BCUT2D eigenvalue weighted by molar-refractivity contribution is 6.35. The first kappa shape index (κ1) is 14.7. The van der Waals surface area contributed by atoms with Gasteiger partial charge >= 0.3 is 6.16 Å². The van der Waals surface area contributed by atoms with Crippen molar-refractivity contribution in [2.75, 3.05) is 0 Å². The lowest BCUT2D eigenvalue weighted by Crippen LogP contribution is -2.17. The maximum atomic E-state index is 13.6. The van der Waals surface area contributed by atoms with Crippen LogP contribution in [-0.2, 0) is 0 Å². The van der Waals surface area contributed by atoms with Gasteiger partial charge in [0, 0.05) is 6.42 Å². The van der Waals surface area contributed by atoms with Crippen molar-refractivity contribution >= 4 is 28.7 Å². The third-order valence-electron chi connectivity index (χ3n) is 3.36. The zero-order valence-corrected chi connectivity index (χ0v) is 11.4. The molecule has 0 bridgehead atoms. The quantitative estimate of drug-likeness (QED) is 0.676. The predicted molar refractivity (Wildman–Crippen MR) is 70.3 cm³/mol. The number of aromatic nitrogens is 1. The minimum Gasteiger partial charge on any atom is -0.449 e. The third kappa shape index (κ3) is 2.19.